The molecule has 1 saturated carbocycles. The summed E-state index contributed by atoms with van der Waals surface area (Å²) in [5, 5.41) is 4.86. The van der Waals surface area contributed by atoms with Crippen LogP contribution in [0.25, 0.3) is 0 Å². The summed E-state index contributed by atoms with van der Waals surface area (Å²) < 4.78 is 24.8. The molecule has 2 aromatic rings. The molecule has 1 heterocycles. The quantitative estimate of drug-likeness (QED) is 0.408. The van der Waals surface area contributed by atoms with E-state index in [4.69, 9.17) is 11.6 Å². The highest BCUT2D eigenvalue weighted by atomic mass is 35.5. The lowest BCUT2D eigenvalue weighted by Gasteiger charge is -2.13. The maximum atomic E-state index is 12.8. The Balaban J connectivity index is 1.65. The van der Waals surface area contributed by atoms with E-state index >= 15 is 0 Å². The number of sulfonamides is 1. The first-order chi connectivity index (χ1) is 14.6. The number of amides is 2. The Hall–Kier alpha value is -2.34. The van der Waals surface area contributed by atoms with Gasteiger partial charge in [0.2, 0.25) is 10.0 Å². The summed E-state index contributed by atoms with van der Waals surface area (Å²) in [5.74, 6) is -2.06. The fraction of sp³-hybridized carbons (Fsp3) is 0.368. The number of carbonyl (C=O) groups excluding carboxylic acids is 3. The Morgan fingerprint density at radius 2 is 1.77 bits per heavy atom. The highest BCUT2D eigenvalue weighted by Gasteiger charge is 2.26. The number of hydrogen-bond acceptors (Lipinski definition) is 7. The molecule has 0 unspecified atom stereocenters. The van der Waals surface area contributed by atoms with E-state index in [0.717, 1.165) is 43.3 Å². The van der Waals surface area contributed by atoms with Gasteiger partial charge in [0.25, 0.3) is 0 Å². The van der Waals surface area contributed by atoms with E-state index in [1.54, 1.807) is 24.3 Å². The van der Waals surface area contributed by atoms with E-state index in [-0.39, 0.29) is 39.1 Å². The Morgan fingerprint density at radius 3 is 2.45 bits per heavy atom. The second-order valence-electron chi connectivity index (χ2n) is 7.13. The van der Waals surface area contributed by atoms with E-state index in [9.17, 15) is 22.8 Å². The standard InChI is InChI=1S/C19H21ClN4O5S2/c1-31(28,29)21-10-14-16(20)30-19(23-14)24-18(27)17(26)22-13-9-5-4-8-12(13)15(25)11-6-2-3-7-11/h4-5,8-9,11,21H,2-3,6-7,10H2,1H3,(H,22,26)(H,23,24,27). The lowest BCUT2D eigenvalue weighted by atomic mass is 9.95. The lowest BCUT2D eigenvalue weighted by molar-refractivity contribution is -0.133. The molecule has 1 aliphatic rings. The fourth-order valence-corrected chi connectivity index (χ4v) is 4.68. The maximum absolute atomic E-state index is 12.8. The number of hydrogen-bond donors (Lipinski definition) is 3. The zero-order valence-corrected chi connectivity index (χ0v) is 19.0. The average Bonchev–Trinajstić information content (AvgIpc) is 3.35. The molecule has 0 spiro atoms. The number of aromatic nitrogens is 1. The van der Waals surface area contributed by atoms with Crippen LogP contribution in [0, 0.1) is 5.92 Å². The number of rotatable bonds is 7. The van der Waals surface area contributed by atoms with Crippen LogP contribution >= 0.6 is 22.9 Å². The van der Waals surface area contributed by atoms with Crippen molar-refractivity contribution in [2.75, 3.05) is 16.9 Å². The number of ketones is 1. The number of Topliss-reactive ketones (excluding diaryl/α,β-unsaturated/α-hetero) is 1. The number of halogens is 1. The first-order valence-electron chi connectivity index (χ1n) is 9.49. The fourth-order valence-electron chi connectivity index (χ4n) is 3.24. The maximum Gasteiger partial charge on any atom is 0.315 e. The molecule has 1 fully saturated rings. The van der Waals surface area contributed by atoms with Crippen molar-refractivity contribution >= 4 is 61.4 Å². The first kappa shape index (κ1) is 23.3. The van der Waals surface area contributed by atoms with Gasteiger partial charge in [-0.2, -0.15) is 0 Å². The second kappa shape index (κ2) is 9.86. The van der Waals surface area contributed by atoms with E-state index in [0.29, 0.717) is 5.56 Å². The number of nitrogens with one attached hydrogen (secondary N) is 3. The number of carbonyl (C=O) groups is 3. The van der Waals surface area contributed by atoms with Crippen LogP contribution in [0.4, 0.5) is 10.8 Å². The van der Waals surface area contributed by atoms with Crippen molar-refractivity contribution in [2.45, 2.75) is 32.2 Å². The highest BCUT2D eigenvalue weighted by molar-refractivity contribution is 7.88. The first-order valence-corrected chi connectivity index (χ1v) is 12.6. The molecular weight excluding hydrogens is 464 g/mol. The summed E-state index contributed by atoms with van der Waals surface area (Å²) in [6.45, 7) is -0.146. The predicted octanol–water partition coefficient (Wildman–Crippen LogP) is 2.80. The lowest BCUT2D eigenvalue weighted by Crippen LogP contribution is -2.30. The summed E-state index contributed by atoms with van der Waals surface area (Å²) >= 11 is 6.91. The van der Waals surface area contributed by atoms with Crippen LogP contribution in [-0.2, 0) is 26.2 Å². The highest BCUT2D eigenvalue weighted by Crippen LogP contribution is 2.31. The molecule has 3 rings (SSSR count). The summed E-state index contributed by atoms with van der Waals surface area (Å²) in [6, 6.07) is 6.58. The second-order valence-corrected chi connectivity index (χ2v) is 10.6. The van der Waals surface area contributed by atoms with Crippen LogP contribution in [0.15, 0.2) is 24.3 Å². The topological polar surface area (TPSA) is 134 Å². The van der Waals surface area contributed by atoms with Gasteiger partial charge in [-0.3, -0.25) is 19.7 Å². The third kappa shape index (κ3) is 6.33. The Bertz CT molecular complexity index is 1110. The van der Waals surface area contributed by atoms with Gasteiger partial charge in [-0.15, -0.1) is 0 Å². The van der Waals surface area contributed by atoms with Crippen LogP contribution in [0.5, 0.6) is 0 Å². The van der Waals surface area contributed by atoms with Gasteiger partial charge >= 0.3 is 11.8 Å². The van der Waals surface area contributed by atoms with Crippen molar-refractivity contribution in [1.29, 1.82) is 0 Å². The molecule has 9 nitrogen and oxygen atoms in total. The summed E-state index contributed by atoms with van der Waals surface area (Å²) in [4.78, 5) is 41.5. The van der Waals surface area contributed by atoms with Crippen molar-refractivity contribution in [1.82, 2.24) is 9.71 Å². The molecule has 0 aliphatic heterocycles. The zero-order chi connectivity index (χ0) is 22.6. The molecule has 1 aromatic heterocycles. The summed E-state index contributed by atoms with van der Waals surface area (Å²) in [6.07, 6.45) is 4.65. The molecule has 1 aromatic carbocycles. The minimum Gasteiger partial charge on any atom is -0.317 e. The molecule has 166 valence electrons. The van der Waals surface area contributed by atoms with Gasteiger partial charge in [0.15, 0.2) is 10.9 Å². The summed E-state index contributed by atoms with van der Waals surface area (Å²) in [7, 11) is -3.44. The van der Waals surface area contributed by atoms with Crippen LogP contribution in [-0.4, -0.2) is 37.3 Å². The molecule has 1 aliphatic carbocycles. The third-order valence-corrected chi connectivity index (χ3v) is 6.66. The van der Waals surface area contributed by atoms with Gasteiger partial charge in [-0.1, -0.05) is 47.9 Å². The number of nitrogens with zero attached hydrogens (tertiary/aromatic N) is 1. The number of benzene rings is 1. The number of thiazole rings is 1. The van der Waals surface area contributed by atoms with Crippen molar-refractivity contribution in [3.8, 4) is 0 Å². The van der Waals surface area contributed by atoms with Gasteiger partial charge in [-0.05, 0) is 25.0 Å². The monoisotopic (exact) mass is 484 g/mol. The third-order valence-electron chi connectivity index (χ3n) is 4.74. The normalized spacial score (nSPS) is 14.4. The van der Waals surface area contributed by atoms with Crippen molar-refractivity contribution in [3.05, 3.63) is 39.9 Å². The smallest absolute Gasteiger partial charge is 0.315 e. The van der Waals surface area contributed by atoms with Crippen molar-refractivity contribution in [3.63, 3.8) is 0 Å². The van der Waals surface area contributed by atoms with E-state index in [1.807, 2.05) is 0 Å². The molecular formula is C19H21ClN4O5S2. The molecule has 0 bridgehead atoms. The largest absolute Gasteiger partial charge is 0.317 e. The number of para-hydroxylation sites is 1. The zero-order valence-electron chi connectivity index (χ0n) is 16.6. The number of anilines is 2. The van der Waals surface area contributed by atoms with Gasteiger partial charge in [0.1, 0.15) is 4.34 Å². The van der Waals surface area contributed by atoms with E-state index in [2.05, 4.69) is 20.3 Å². The molecule has 3 N–H and O–H groups in total. The molecule has 2 amide bonds. The predicted molar refractivity (Wildman–Crippen MR) is 119 cm³/mol. The van der Waals surface area contributed by atoms with Gasteiger partial charge in [-0.25, -0.2) is 18.1 Å². The van der Waals surface area contributed by atoms with Crippen LogP contribution in [0.3, 0.4) is 0 Å². The SMILES string of the molecule is CS(=O)(=O)NCc1nc(NC(=O)C(=O)Nc2ccccc2C(=O)C2CCCC2)sc1Cl. The van der Waals surface area contributed by atoms with Crippen molar-refractivity contribution in [2.24, 2.45) is 5.92 Å². The van der Waals surface area contributed by atoms with Gasteiger partial charge in [0, 0.05) is 11.5 Å². The average molecular weight is 485 g/mol. The Morgan fingerprint density at radius 1 is 1.13 bits per heavy atom. The minimum absolute atomic E-state index is 0.0384. The summed E-state index contributed by atoms with van der Waals surface area (Å²) in [5.41, 5.74) is 0.872. The van der Waals surface area contributed by atoms with E-state index < -0.39 is 21.8 Å². The van der Waals surface area contributed by atoms with Crippen LogP contribution < -0.4 is 15.4 Å². The van der Waals surface area contributed by atoms with Gasteiger partial charge in [0.05, 0.1) is 24.2 Å². The molecule has 31 heavy (non-hydrogen) atoms. The van der Waals surface area contributed by atoms with E-state index in [1.165, 1.54) is 0 Å². The van der Waals surface area contributed by atoms with Crippen LogP contribution in [0.2, 0.25) is 4.34 Å². The van der Waals surface area contributed by atoms with Crippen molar-refractivity contribution < 1.29 is 22.8 Å². The molecule has 0 atom stereocenters. The van der Waals surface area contributed by atoms with Gasteiger partial charge < -0.3 is 5.32 Å². The molecule has 0 saturated heterocycles. The minimum atomic E-state index is -3.44. The molecule has 12 heteroatoms. The molecule has 0 radical (unpaired) electrons. The Kier molecular flexibility index (Phi) is 7.42. The van der Waals surface area contributed by atoms with Crippen LogP contribution in [0.1, 0.15) is 41.7 Å². The Labute approximate surface area is 188 Å².